The predicted octanol–water partition coefficient (Wildman–Crippen LogP) is 1.77. The van der Waals surface area contributed by atoms with E-state index in [1.165, 1.54) is 11.8 Å². The number of thioether (sulfide) groups is 1. The average molecular weight is 346 g/mol. The van der Waals surface area contributed by atoms with Gasteiger partial charge in [-0.1, -0.05) is 11.8 Å². The van der Waals surface area contributed by atoms with Crippen molar-refractivity contribution in [2.24, 2.45) is 0 Å². The van der Waals surface area contributed by atoms with Gasteiger partial charge in [-0.05, 0) is 25.7 Å². The molecular weight excluding hydrogens is 324 g/mol. The lowest BCUT2D eigenvalue weighted by atomic mass is 10.3. The second-order valence-electron chi connectivity index (χ2n) is 5.62. The van der Waals surface area contributed by atoms with Crippen molar-refractivity contribution in [2.45, 2.75) is 25.0 Å². The van der Waals surface area contributed by atoms with Gasteiger partial charge in [0.2, 0.25) is 0 Å². The monoisotopic (exact) mass is 346 g/mol. The van der Waals surface area contributed by atoms with Gasteiger partial charge in [-0.2, -0.15) is 5.10 Å². The zero-order chi connectivity index (χ0) is 16.9. The van der Waals surface area contributed by atoms with E-state index in [4.69, 9.17) is 0 Å². The molecule has 128 valence electrons. The Morgan fingerprint density at radius 2 is 2.17 bits per heavy atom. The second kappa shape index (κ2) is 7.65. The number of nitrogens with zero attached hydrogens (tertiary/aromatic N) is 6. The van der Waals surface area contributed by atoms with Gasteiger partial charge in [-0.3, -0.25) is 9.48 Å². The Kier molecular flexibility index (Phi) is 5.34. The van der Waals surface area contributed by atoms with Gasteiger partial charge in [-0.25, -0.2) is 9.97 Å². The van der Waals surface area contributed by atoms with E-state index >= 15 is 0 Å². The quantitative estimate of drug-likeness (QED) is 0.621. The van der Waals surface area contributed by atoms with E-state index in [2.05, 4.69) is 20.0 Å². The number of carbonyl (C=O) groups excluding carboxylic acids is 1. The van der Waals surface area contributed by atoms with Crippen LogP contribution in [0.2, 0.25) is 0 Å². The molecule has 1 aliphatic heterocycles. The predicted molar refractivity (Wildman–Crippen MR) is 94.4 cm³/mol. The summed E-state index contributed by atoms with van der Waals surface area (Å²) >= 11 is 1.54. The molecule has 0 atom stereocenters. The summed E-state index contributed by atoms with van der Waals surface area (Å²) in [7, 11) is 0. The van der Waals surface area contributed by atoms with E-state index in [-0.39, 0.29) is 5.91 Å². The lowest BCUT2D eigenvalue weighted by Gasteiger charge is -2.22. The fourth-order valence-electron chi connectivity index (χ4n) is 2.79. The van der Waals surface area contributed by atoms with Gasteiger partial charge in [0, 0.05) is 45.1 Å². The molecule has 2 aromatic rings. The Balaban J connectivity index is 1.67. The Bertz CT molecular complexity index is 703. The van der Waals surface area contributed by atoms with Gasteiger partial charge in [0.15, 0.2) is 5.16 Å². The maximum absolute atomic E-state index is 12.7. The van der Waals surface area contributed by atoms with Gasteiger partial charge in [0.1, 0.15) is 5.82 Å². The molecule has 0 aromatic carbocycles. The molecule has 1 fully saturated rings. The zero-order valence-corrected chi connectivity index (χ0v) is 14.9. The molecule has 7 nitrogen and oxygen atoms in total. The molecule has 3 heterocycles. The third-order valence-electron chi connectivity index (χ3n) is 4.11. The summed E-state index contributed by atoms with van der Waals surface area (Å²) in [4.78, 5) is 25.6. The largest absolute Gasteiger partial charge is 0.355 e. The summed E-state index contributed by atoms with van der Waals surface area (Å²) in [6.07, 6.45) is 8.16. The fraction of sp³-hybridized carbons (Fsp3) is 0.500. The van der Waals surface area contributed by atoms with Crippen LogP contribution in [-0.4, -0.2) is 63.0 Å². The van der Waals surface area contributed by atoms with Crippen molar-refractivity contribution >= 4 is 23.5 Å². The first kappa shape index (κ1) is 16.8. The van der Waals surface area contributed by atoms with Gasteiger partial charge in [0.25, 0.3) is 5.91 Å². The number of carbonyl (C=O) groups is 1. The first-order chi connectivity index (χ1) is 11.7. The van der Waals surface area contributed by atoms with Crippen molar-refractivity contribution in [3.8, 4) is 0 Å². The summed E-state index contributed by atoms with van der Waals surface area (Å²) in [5.74, 6) is 0.992. The standard InChI is InChI=1S/C16H22N6OS/c1-3-22-12-13(11-18-22)15(23)21-8-4-7-20(9-10-21)14-5-6-17-16(19-14)24-2/h5-6,11-12H,3-4,7-10H2,1-2H3. The third-order valence-corrected chi connectivity index (χ3v) is 4.67. The maximum atomic E-state index is 12.7. The number of rotatable bonds is 4. The molecular formula is C16H22N6OS. The minimum absolute atomic E-state index is 0.0593. The minimum Gasteiger partial charge on any atom is -0.355 e. The normalized spacial score (nSPS) is 15.4. The number of anilines is 1. The van der Waals surface area contributed by atoms with E-state index < -0.39 is 0 Å². The molecule has 1 aliphatic rings. The van der Waals surface area contributed by atoms with Crippen molar-refractivity contribution in [3.05, 3.63) is 30.2 Å². The highest BCUT2D eigenvalue weighted by molar-refractivity contribution is 7.98. The van der Waals surface area contributed by atoms with Gasteiger partial charge < -0.3 is 9.80 Å². The van der Waals surface area contributed by atoms with Gasteiger partial charge >= 0.3 is 0 Å². The molecule has 24 heavy (non-hydrogen) atoms. The Hall–Kier alpha value is -2.09. The smallest absolute Gasteiger partial charge is 0.257 e. The van der Waals surface area contributed by atoms with E-state index in [0.717, 1.165) is 43.6 Å². The van der Waals surface area contributed by atoms with Crippen molar-refractivity contribution in [1.82, 2.24) is 24.6 Å². The molecule has 1 amide bonds. The highest BCUT2D eigenvalue weighted by atomic mass is 32.2. The SMILES string of the molecule is CCn1cc(C(=O)N2CCCN(c3ccnc(SC)n3)CC2)cn1. The second-order valence-corrected chi connectivity index (χ2v) is 6.39. The van der Waals surface area contributed by atoms with Crippen LogP contribution in [0.15, 0.2) is 29.8 Å². The molecule has 0 bridgehead atoms. The zero-order valence-electron chi connectivity index (χ0n) is 14.1. The van der Waals surface area contributed by atoms with Crippen LogP contribution in [0, 0.1) is 0 Å². The molecule has 8 heteroatoms. The molecule has 0 unspecified atom stereocenters. The van der Waals surface area contributed by atoms with Gasteiger partial charge in [0.05, 0.1) is 11.8 Å². The van der Waals surface area contributed by atoms with Crippen LogP contribution in [0.3, 0.4) is 0 Å². The molecule has 1 saturated heterocycles. The highest BCUT2D eigenvalue weighted by Gasteiger charge is 2.22. The molecule has 0 saturated carbocycles. The lowest BCUT2D eigenvalue weighted by Crippen LogP contribution is -2.35. The first-order valence-electron chi connectivity index (χ1n) is 8.15. The summed E-state index contributed by atoms with van der Waals surface area (Å²) < 4.78 is 1.78. The topological polar surface area (TPSA) is 67.2 Å². The molecule has 0 radical (unpaired) electrons. The van der Waals surface area contributed by atoms with Crippen LogP contribution < -0.4 is 4.90 Å². The van der Waals surface area contributed by atoms with Crippen LogP contribution in [0.25, 0.3) is 0 Å². The summed E-state index contributed by atoms with van der Waals surface area (Å²) in [6, 6.07) is 1.93. The van der Waals surface area contributed by atoms with Crippen molar-refractivity contribution in [3.63, 3.8) is 0 Å². The summed E-state index contributed by atoms with van der Waals surface area (Å²) in [5, 5.41) is 4.97. The van der Waals surface area contributed by atoms with Crippen LogP contribution >= 0.6 is 11.8 Å². The van der Waals surface area contributed by atoms with Crippen LogP contribution in [0.5, 0.6) is 0 Å². The Labute approximate surface area is 146 Å². The fourth-order valence-corrected chi connectivity index (χ4v) is 3.14. The van der Waals surface area contributed by atoms with Crippen LogP contribution in [0.4, 0.5) is 5.82 Å². The molecule has 3 rings (SSSR count). The first-order valence-corrected chi connectivity index (χ1v) is 9.37. The van der Waals surface area contributed by atoms with E-state index in [1.807, 2.05) is 30.3 Å². The number of hydrogen-bond donors (Lipinski definition) is 0. The molecule has 0 spiro atoms. The van der Waals surface area contributed by atoms with E-state index in [1.54, 1.807) is 17.1 Å². The number of aromatic nitrogens is 4. The molecule has 0 N–H and O–H groups in total. The van der Waals surface area contributed by atoms with Gasteiger partial charge in [-0.15, -0.1) is 0 Å². The maximum Gasteiger partial charge on any atom is 0.257 e. The van der Waals surface area contributed by atoms with Crippen molar-refractivity contribution in [1.29, 1.82) is 0 Å². The Morgan fingerprint density at radius 1 is 1.29 bits per heavy atom. The van der Waals surface area contributed by atoms with E-state index in [9.17, 15) is 4.79 Å². The number of aryl methyl sites for hydroxylation is 1. The Morgan fingerprint density at radius 3 is 2.92 bits per heavy atom. The summed E-state index contributed by atoms with van der Waals surface area (Å²) in [5.41, 5.74) is 0.664. The van der Waals surface area contributed by atoms with Crippen molar-refractivity contribution < 1.29 is 4.79 Å². The lowest BCUT2D eigenvalue weighted by molar-refractivity contribution is 0.0767. The molecule has 2 aromatic heterocycles. The third kappa shape index (κ3) is 3.69. The summed E-state index contributed by atoms with van der Waals surface area (Å²) in [6.45, 7) is 5.89. The van der Waals surface area contributed by atoms with Crippen molar-refractivity contribution in [2.75, 3.05) is 37.3 Å². The average Bonchev–Trinajstić information content (AvgIpc) is 2.98. The van der Waals surface area contributed by atoms with E-state index in [0.29, 0.717) is 12.1 Å². The van der Waals surface area contributed by atoms with Crippen LogP contribution in [0.1, 0.15) is 23.7 Å². The highest BCUT2D eigenvalue weighted by Crippen LogP contribution is 2.17. The number of amides is 1. The number of hydrogen-bond acceptors (Lipinski definition) is 6. The minimum atomic E-state index is 0.0593. The molecule has 0 aliphatic carbocycles. The van der Waals surface area contributed by atoms with Crippen LogP contribution in [-0.2, 0) is 6.54 Å².